The number of nitrogens with one attached hydrogen (secondary N) is 1. The second kappa shape index (κ2) is 5.38. The number of nitrogens with zero attached hydrogens (tertiary/aromatic N) is 3. The molecule has 0 aliphatic carbocycles. The van der Waals surface area contributed by atoms with Gasteiger partial charge in [-0.25, -0.2) is 0 Å². The van der Waals surface area contributed by atoms with Gasteiger partial charge in [-0.05, 0) is 25.9 Å². The van der Waals surface area contributed by atoms with Gasteiger partial charge in [-0.3, -0.25) is 0 Å². The lowest BCUT2D eigenvalue weighted by atomic mass is 9.94. The van der Waals surface area contributed by atoms with Gasteiger partial charge in [0.2, 0.25) is 0 Å². The summed E-state index contributed by atoms with van der Waals surface area (Å²) in [6.45, 7) is 4.41. The van der Waals surface area contributed by atoms with Gasteiger partial charge in [-0.1, -0.05) is 30.1 Å². The summed E-state index contributed by atoms with van der Waals surface area (Å²) in [6, 6.07) is 2.13. The predicted molar refractivity (Wildman–Crippen MR) is 70.7 cm³/mol. The molecule has 2 unspecified atom stereocenters. The predicted octanol–water partition coefficient (Wildman–Crippen LogP) is 2.54. The number of aromatic nitrogens is 2. The Hall–Kier alpha value is -0.580. The molecule has 0 saturated carbocycles. The van der Waals surface area contributed by atoms with Crippen molar-refractivity contribution >= 4 is 28.9 Å². The Morgan fingerprint density at radius 2 is 2.18 bits per heavy atom. The van der Waals surface area contributed by atoms with Crippen LogP contribution >= 0.6 is 23.2 Å². The molecule has 1 saturated heterocycles. The first-order valence-corrected chi connectivity index (χ1v) is 6.45. The zero-order chi connectivity index (χ0) is 12.4. The molecule has 1 aliphatic rings. The zero-order valence-electron chi connectivity index (χ0n) is 9.95. The summed E-state index contributed by atoms with van der Waals surface area (Å²) in [5.74, 6) is 0.566. The van der Waals surface area contributed by atoms with Crippen molar-refractivity contribution in [2.75, 3.05) is 25.5 Å². The third kappa shape index (κ3) is 3.21. The molecule has 0 spiro atoms. The first-order chi connectivity index (χ1) is 8.06. The molecule has 1 aliphatic heterocycles. The molecule has 6 heteroatoms. The van der Waals surface area contributed by atoms with E-state index in [1.54, 1.807) is 6.07 Å². The molecule has 1 aromatic heterocycles. The van der Waals surface area contributed by atoms with E-state index in [9.17, 15) is 0 Å². The SMILES string of the molecule is CC1CN(C)CCC1Nc1cc(Cl)nnc1Cl. The molecule has 2 atom stereocenters. The molecule has 0 amide bonds. The number of anilines is 1. The Morgan fingerprint density at radius 3 is 2.88 bits per heavy atom. The van der Waals surface area contributed by atoms with Crippen molar-refractivity contribution in [2.45, 2.75) is 19.4 Å². The van der Waals surface area contributed by atoms with Gasteiger partial charge in [0, 0.05) is 18.7 Å². The van der Waals surface area contributed by atoms with E-state index in [-0.39, 0.29) is 0 Å². The zero-order valence-corrected chi connectivity index (χ0v) is 11.5. The highest BCUT2D eigenvalue weighted by Crippen LogP contribution is 2.25. The minimum atomic E-state index is 0.359. The standard InChI is InChI=1S/C11H16Cl2N4/c1-7-6-17(2)4-3-8(7)14-9-5-10(12)15-16-11(9)13/h5,7-8H,3-4,6H2,1-2H3,(H,14,15). The van der Waals surface area contributed by atoms with E-state index in [1.807, 2.05) is 0 Å². The van der Waals surface area contributed by atoms with Crippen molar-refractivity contribution in [1.29, 1.82) is 0 Å². The molecule has 1 fully saturated rings. The maximum absolute atomic E-state index is 5.99. The van der Waals surface area contributed by atoms with Crippen LogP contribution < -0.4 is 5.32 Å². The molecule has 4 nitrogen and oxygen atoms in total. The molecular weight excluding hydrogens is 259 g/mol. The van der Waals surface area contributed by atoms with Gasteiger partial charge in [0.15, 0.2) is 10.3 Å². The van der Waals surface area contributed by atoms with Crippen LogP contribution in [0.1, 0.15) is 13.3 Å². The molecular formula is C11H16Cl2N4. The Balaban J connectivity index is 2.07. The van der Waals surface area contributed by atoms with Crippen LogP contribution in [0, 0.1) is 5.92 Å². The number of hydrogen-bond acceptors (Lipinski definition) is 4. The molecule has 2 heterocycles. The highest BCUT2D eigenvalue weighted by atomic mass is 35.5. The summed E-state index contributed by atoms with van der Waals surface area (Å²) in [5.41, 5.74) is 0.771. The first kappa shape index (κ1) is 12.9. The van der Waals surface area contributed by atoms with E-state index in [2.05, 4.69) is 34.4 Å². The topological polar surface area (TPSA) is 41.0 Å². The minimum Gasteiger partial charge on any atom is -0.379 e. The summed E-state index contributed by atoms with van der Waals surface area (Å²) < 4.78 is 0. The molecule has 2 rings (SSSR count). The Morgan fingerprint density at radius 1 is 1.41 bits per heavy atom. The van der Waals surface area contributed by atoms with Gasteiger partial charge < -0.3 is 10.2 Å². The normalized spacial score (nSPS) is 25.9. The maximum Gasteiger partial charge on any atom is 0.174 e. The molecule has 0 bridgehead atoms. The van der Waals surface area contributed by atoms with E-state index >= 15 is 0 Å². The maximum atomic E-state index is 5.99. The van der Waals surface area contributed by atoms with Gasteiger partial charge in [0.25, 0.3) is 0 Å². The van der Waals surface area contributed by atoms with Gasteiger partial charge in [0.1, 0.15) is 0 Å². The fourth-order valence-corrected chi connectivity index (χ4v) is 2.52. The van der Waals surface area contributed by atoms with Crippen LogP contribution in [0.25, 0.3) is 0 Å². The quantitative estimate of drug-likeness (QED) is 0.900. The van der Waals surface area contributed by atoms with Crippen molar-refractivity contribution in [3.63, 3.8) is 0 Å². The van der Waals surface area contributed by atoms with E-state index in [0.29, 0.717) is 22.3 Å². The Kier molecular flexibility index (Phi) is 4.07. The van der Waals surface area contributed by atoms with Crippen LogP contribution in [0.2, 0.25) is 10.3 Å². The van der Waals surface area contributed by atoms with Crippen LogP contribution in [0.5, 0.6) is 0 Å². The second-order valence-electron chi connectivity index (χ2n) is 4.65. The van der Waals surface area contributed by atoms with Crippen LogP contribution in [0.4, 0.5) is 5.69 Å². The average molecular weight is 275 g/mol. The molecule has 0 aromatic carbocycles. The van der Waals surface area contributed by atoms with Crippen molar-refractivity contribution < 1.29 is 0 Å². The summed E-state index contributed by atoms with van der Waals surface area (Å²) in [6.07, 6.45) is 1.09. The van der Waals surface area contributed by atoms with E-state index in [4.69, 9.17) is 23.2 Å². The largest absolute Gasteiger partial charge is 0.379 e. The highest BCUT2D eigenvalue weighted by Gasteiger charge is 2.24. The van der Waals surface area contributed by atoms with E-state index in [1.165, 1.54) is 0 Å². The average Bonchev–Trinajstić information content (AvgIpc) is 2.27. The minimum absolute atomic E-state index is 0.359. The van der Waals surface area contributed by atoms with Crippen LogP contribution in [-0.4, -0.2) is 41.3 Å². The number of likely N-dealkylation sites (tertiary alicyclic amines) is 1. The highest BCUT2D eigenvalue weighted by molar-refractivity contribution is 6.33. The molecule has 1 aromatic rings. The van der Waals surface area contributed by atoms with Crippen LogP contribution in [0.3, 0.4) is 0 Å². The lowest BCUT2D eigenvalue weighted by Crippen LogP contribution is -2.43. The lowest BCUT2D eigenvalue weighted by molar-refractivity contribution is 0.206. The summed E-state index contributed by atoms with van der Waals surface area (Å²) in [4.78, 5) is 2.34. The van der Waals surface area contributed by atoms with Crippen molar-refractivity contribution in [2.24, 2.45) is 5.92 Å². The van der Waals surface area contributed by atoms with Crippen molar-refractivity contribution in [1.82, 2.24) is 15.1 Å². The van der Waals surface area contributed by atoms with Crippen molar-refractivity contribution in [3.05, 3.63) is 16.4 Å². The summed E-state index contributed by atoms with van der Waals surface area (Å²) in [5, 5.41) is 11.6. The van der Waals surface area contributed by atoms with Gasteiger partial charge in [0.05, 0.1) is 5.69 Å². The number of hydrogen-bond donors (Lipinski definition) is 1. The van der Waals surface area contributed by atoms with Gasteiger partial charge >= 0.3 is 0 Å². The molecule has 94 valence electrons. The van der Waals surface area contributed by atoms with Crippen LogP contribution in [-0.2, 0) is 0 Å². The summed E-state index contributed by atoms with van der Waals surface area (Å²) >= 11 is 11.8. The first-order valence-electron chi connectivity index (χ1n) is 5.70. The van der Waals surface area contributed by atoms with Crippen molar-refractivity contribution in [3.8, 4) is 0 Å². The Labute approximate surface area is 111 Å². The molecule has 0 radical (unpaired) electrons. The van der Waals surface area contributed by atoms with Gasteiger partial charge in [-0.2, -0.15) is 0 Å². The summed E-state index contributed by atoms with van der Waals surface area (Å²) in [7, 11) is 2.14. The monoisotopic (exact) mass is 274 g/mol. The smallest absolute Gasteiger partial charge is 0.174 e. The number of rotatable bonds is 2. The number of piperidine rings is 1. The fraction of sp³-hybridized carbons (Fsp3) is 0.636. The third-order valence-corrected chi connectivity index (χ3v) is 3.63. The fourth-order valence-electron chi connectivity index (χ4n) is 2.22. The Bertz CT molecular complexity index is 399. The van der Waals surface area contributed by atoms with E-state index < -0.39 is 0 Å². The molecule has 17 heavy (non-hydrogen) atoms. The lowest BCUT2D eigenvalue weighted by Gasteiger charge is -2.35. The number of halogens is 2. The third-order valence-electron chi connectivity index (χ3n) is 3.17. The van der Waals surface area contributed by atoms with E-state index in [0.717, 1.165) is 25.2 Å². The van der Waals surface area contributed by atoms with Gasteiger partial charge in [-0.15, -0.1) is 10.2 Å². The van der Waals surface area contributed by atoms with Crippen LogP contribution in [0.15, 0.2) is 6.07 Å². The second-order valence-corrected chi connectivity index (χ2v) is 5.40. The molecule has 1 N–H and O–H groups in total.